The minimum atomic E-state index is 0.228. The molecule has 1 aliphatic carbocycles. The largest absolute Gasteiger partial charge is 0.456 e. The van der Waals surface area contributed by atoms with Gasteiger partial charge in [0, 0.05) is 44.7 Å². The highest BCUT2D eigenvalue weighted by Gasteiger charge is 2.23. The van der Waals surface area contributed by atoms with Crippen molar-refractivity contribution in [3.63, 3.8) is 0 Å². The second-order valence-electron chi connectivity index (χ2n) is 14.9. The summed E-state index contributed by atoms with van der Waals surface area (Å²) in [4.78, 5) is 2.31. The lowest BCUT2D eigenvalue weighted by atomic mass is 9.83. The smallest absolute Gasteiger partial charge is 0.135 e. The molecule has 0 fully saturated rings. The van der Waals surface area contributed by atoms with Gasteiger partial charge in [-0.2, -0.15) is 0 Å². The topological polar surface area (TPSA) is 29.5 Å². The third-order valence-electron chi connectivity index (χ3n) is 11.5. The number of fused-ring (bicyclic) bond motifs is 6. The van der Waals surface area contributed by atoms with Gasteiger partial charge in [0.05, 0.1) is 0 Å². The van der Waals surface area contributed by atoms with Crippen molar-refractivity contribution in [2.45, 2.75) is 12.3 Å². The zero-order valence-corrected chi connectivity index (χ0v) is 31.2. The van der Waals surface area contributed by atoms with Crippen LogP contribution in [0.1, 0.15) is 22.8 Å². The summed E-state index contributed by atoms with van der Waals surface area (Å²) in [6.45, 7) is 0. The summed E-state index contributed by atoms with van der Waals surface area (Å²) in [5.74, 6) is 1.20. The predicted molar refractivity (Wildman–Crippen MR) is 236 cm³/mol. The molecular weight excluding hydrogens is 695 g/mol. The molecule has 11 rings (SSSR count). The van der Waals surface area contributed by atoms with E-state index >= 15 is 0 Å². The first kappa shape index (κ1) is 33.0. The van der Waals surface area contributed by atoms with Crippen LogP contribution in [-0.2, 0) is 6.42 Å². The number of nitrogens with zero attached hydrogens (tertiary/aromatic N) is 1. The van der Waals surface area contributed by atoms with Gasteiger partial charge in [0.25, 0.3) is 0 Å². The van der Waals surface area contributed by atoms with E-state index in [-0.39, 0.29) is 5.92 Å². The van der Waals surface area contributed by atoms with Crippen LogP contribution in [0.25, 0.3) is 72.4 Å². The van der Waals surface area contributed by atoms with Gasteiger partial charge in [-0.05, 0) is 118 Å². The molecule has 2 aromatic heterocycles. The maximum atomic E-state index is 6.25. The van der Waals surface area contributed by atoms with E-state index in [0.29, 0.717) is 0 Å². The third-order valence-corrected chi connectivity index (χ3v) is 11.5. The van der Waals surface area contributed by atoms with Gasteiger partial charge in [0.15, 0.2) is 0 Å². The van der Waals surface area contributed by atoms with Crippen molar-refractivity contribution >= 4 is 56.0 Å². The van der Waals surface area contributed by atoms with Gasteiger partial charge in [0.2, 0.25) is 0 Å². The maximum Gasteiger partial charge on any atom is 0.135 e. The molecule has 0 saturated carbocycles. The average Bonchev–Trinajstić information content (AvgIpc) is 3.85. The number of benzene rings is 8. The van der Waals surface area contributed by atoms with Gasteiger partial charge in [-0.25, -0.2) is 0 Å². The summed E-state index contributed by atoms with van der Waals surface area (Å²) >= 11 is 0. The zero-order chi connectivity index (χ0) is 37.7. The third kappa shape index (κ3) is 5.92. The van der Waals surface area contributed by atoms with Crippen molar-refractivity contribution in [3.8, 4) is 33.4 Å². The lowest BCUT2D eigenvalue weighted by Gasteiger charge is -2.26. The Hall–Kier alpha value is -7.36. The number of furan rings is 2. The molecule has 0 bridgehead atoms. The van der Waals surface area contributed by atoms with Crippen molar-refractivity contribution in [2.24, 2.45) is 0 Å². The maximum absolute atomic E-state index is 6.25. The van der Waals surface area contributed by atoms with Crippen LogP contribution >= 0.6 is 0 Å². The molecule has 1 atom stereocenters. The van der Waals surface area contributed by atoms with Gasteiger partial charge in [-0.15, -0.1) is 0 Å². The van der Waals surface area contributed by atoms with E-state index in [1.165, 1.54) is 49.9 Å². The Morgan fingerprint density at radius 2 is 1.04 bits per heavy atom. The first-order valence-electron chi connectivity index (χ1n) is 19.6. The van der Waals surface area contributed by atoms with Crippen LogP contribution < -0.4 is 4.90 Å². The van der Waals surface area contributed by atoms with Crippen molar-refractivity contribution in [1.82, 2.24) is 0 Å². The molecular formula is C54H37NO2. The first-order chi connectivity index (χ1) is 28.2. The molecule has 10 aromatic rings. The number of anilines is 3. The highest BCUT2D eigenvalue weighted by atomic mass is 16.3. The van der Waals surface area contributed by atoms with E-state index in [4.69, 9.17) is 8.83 Å². The minimum Gasteiger partial charge on any atom is -0.456 e. The van der Waals surface area contributed by atoms with Crippen molar-refractivity contribution in [2.75, 3.05) is 4.90 Å². The fourth-order valence-corrected chi connectivity index (χ4v) is 8.63. The molecule has 57 heavy (non-hydrogen) atoms. The highest BCUT2D eigenvalue weighted by molar-refractivity contribution is 6.06. The minimum absolute atomic E-state index is 0.228. The molecule has 0 spiro atoms. The Morgan fingerprint density at radius 3 is 1.81 bits per heavy atom. The molecule has 0 N–H and O–H groups in total. The first-order valence-corrected chi connectivity index (χ1v) is 19.6. The molecule has 1 unspecified atom stereocenters. The summed E-state index contributed by atoms with van der Waals surface area (Å²) in [5.41, 5.74) is 15.7. The monoisotopic (exact) mass is 731 g/mol. The fraction of sp³-hybridized carbons (Fsp3) is 0.0370. The van der Waals surface area contributed by atoms with Gasteiger partial charge < -0.3 is 13.7 Å². The summed E-state index contributed by atoms with van der Waals surface area (Å²) in [6.07, 6.45) is 5.36. The summed E-state index contributed by atoms with van der Waals surface area (Å²) < 4.78 is 12.5. The average molecular weight is 732 g/mol. The molecule has 0 radical (unpaired) electrons. The van der Waals surface area contributed by atoms with E-state index in [2.05, 4.69) is 193 Å². The second kappa shape index (κ2) is 13.7. The summed E-state index contributed by atoms with van der Waals surface area (Å²) in [5, 5.41) is 3.46. The van der Waals surface area contributed by atoms with E-state index in [1.54, 1.807) is 0 Å². The van der Waals surface area contributed by atoms with Crippen LogP contribution in [0, 0.1) is 0 Å². The quantitative estimate of drug-likeness (QED) is 0.163. The lowest BCUT2D eigenvalue weighted by Crippen LogP contribution is -2.09. The van der Waals surface area contributed by atoms with Gasteiger partial charge in [-0.1, -0.05) is 133 Å². The Balaban J connectivity index is 0.986. The summed E-state index contributed by atoms with van der Waals surface area (Å²) in [7, 11) is 0. The van der Waals surface area contributed by atoms with E-state index < -0.39 is 0 Å². The van der Waals surface area contributed by atoms with E-state index in [9.17, 15) is 0 Å². The molecule has 270 valence electrons. The van der Waals surface area contributed by atoms with Crippen LogP contribution in [0.2, 0.25) is 0 Å². The number of rotatable bonds is 7. The van der Waals surface area contributed by atoms with Crippen molar-refractivity contribution in [3.05, 3.63) is 217 Å². The van der Waals surface area contributed by atoms with Gasteiger partial charge in [0.1, 0.15) is 22.5 Å². The Bertz CT molecular complexity index is 3060. The van der Waals surface area contributed by atoms with Crippen LogP contribution in [0.5, 0.6) is 0 Å². The Kier molecular flexibility index (Phi) is 7.96. The number of allylic oxidation sites excluding steroid dienone is 1. The van der Waals surface area contributed by atoms with E-state index in [1.807, 2.05) is 18.2 Å². The van der Waals surface area contributed by atoms with Crippen LogP contribution in [-0.4, -0.2) is 0 Å². The second-order valence-corrected chi connectivity index (χ2v) is 14.9. The SMILES string of the molecule is C1=CC(c2ccc(-c3ccc(-c4cccc(N(c5ccccc5)c5ccccc5)c4)cc3)c(-c3ccc4oc5ccccc5c4c3)c2)Cc2c1oc1ccccc21. The van der Waals surface area contributed by atoms with Crippen LogP contribution in [0.3, 0.4) is 0 Å². The standard InChI is InChI=1S/C54H37NO2/c1-3-13-42(14-4-1)55(43-15-5-2-6-16-43)44-17-11-12-38(32-44)36-22-24-37(25-23-36)45-29-26-39(40-27-30-53-49(34-40)46-18-7-9-20-51(46)56-53)33-48(45)41-28-31-54-50(35-41)47-19-8-10-21-52(47)57-54/h1-33,35,40H,34H2. The van der Waals surface area contributed by atoms with Crippen LogP contribution in [0.15, 0.2) is 209 Å². The number of hydrogen-bond acceptors (Lipinski definition) is 3. The molecule has 0 amide bonds. The number of para-hydroxylation sites is 4. The molecule has 0 saturated heterocycles. The predicted octanol–water partition coefficient (Wildman–Crippen LogP) is 15.2. The molecule has 3 nitrogen and oxygen atoms in total. The van der Waals surface area contributed by atoms with Crippen LogP contribution in [0.4, 0.5) is 17.1 Å². The lowest BCUT2D eigenvalue weighted by molar-refractivity contribution is 0.591. The molecule has 2 heterocycles. The van der Waals surface area contributed by atoms with Crippen molar-refractivity contribution < 1.29 is 8.83 Å². The molecule has 8 aromatic carbocycles. The Morgan fingerprint density at radius 1 is 0.404 bits per heavy atom. The van der Waals surface area contributed by atoms with Gasteiger partial charge in [-0.3, -0.25) is 0 Å². The zero-order valence-electron chi connectivity index (χ0n) is 31.2. The summed E-state index contributed by atoms with van der Waals surface area (Å²) in [6, 6.07) is 69.3. The number of hydrogen-bond donors (Lipinski definition) is 0. The van der Waals surface area contributed by atoms with Gasteiger partial charge >= 0.3 is 0 Å². The van der Waals surface area contributed by atoms with E-state index in [0.717, 1.165) is 56.8 Å². The Labute approximate surface area is 331 Å². The van der Waals surface area contributed by atoms with Crippen molar-refractivity contribution in [1.29, 1.82) is 0 Å². The molecule has 1 aliphatic rings. The molecule has 3 heteroatoms. The fourth-order valence-electron chi connectivity index (χ4n) is 8.63. The normalized spacial score (nSPS) is 13.6. The highest BCUT2D eigenvalue weighted by Crippen LogP contribution is 2.42. The molecule has 0 aliphatic heterocycles.